The monoisotopic (exact) mass is 368 g/mol. The summed E-state index contributed by atoms with van der Waals surface area (Å²) in [6, 6.07) is 12.6. The molecule has 2 aromatic heterocycles. The number of rotatable bonds is 6. The SMILES string of the molecule is O=C(CNC(=O)c1cccs1)NCC(=O)Nc1cccc2cccnc12. The number of carbonyl (C=O) groups is 3. The maximum absolute atomic E-state index is 12.0. The first-order chi connectivity index (χ1) is 12.6. The molecular formula is C18H16N4O3S. The number of aromatic nitrogens is 1. The van der Waals surface area contributed by atoms with Crippen LogP contribution >= 0.6 is 11.3 Å². The molecule has 1 aromatic carbocycles. The summed E-state index contributed by atoms with van der Waals surface area (Å²) in [7, 11) is 0. The van der Waals surface area contributed by atoms with Gasteiger partial charge in [-0.05, 0) is 23.6 Å². The Morgan fingerprint density at radius 3 is 2.54 bits per heavy atom. The van der Waals surface area contributed by atoms with Gasteiger partial charge >= 0.3 is 0 Å². The van der Waals surface area contributed by atoms with Gasteiger partial charge in [-0.15, -0.1) is 11.3 Å². The molecule has 0 atom stereocenters. The van der Waals surface area contributed by atoms with Crippen LogP contribution in [-0.4, -0.2) is 35.8 Å². The summed E-state index contributed by atoms with van der Waals surface area (Å²) in [6.07, 6.45) is 1.65. The average Bonchev–Trinajstić information content (AvgIpc) is 3.19. The number of amides is 3. The van der Waals surface area contributed by atoms with Gasteiger partial charge in [0.25, 0.3) is 5.91 Å². The van der Waals surface area contributed by atoms with Crippen LogP contribution in [0.2, 0.25) is 0 Å². The fourth-order valence-electron chi connectivity index (χ4n) is 2.30. The quantitative estimate of drug-likeness (QED) is 0.617. The molecule has 3 rings (SSSR count). The van der Waals surface area contributed by atoms with E-state index in [9.17, 15) is 14.4 Å². The number of nitrogens with zero attached hydrogens (tertiary/aromatic N) is 1. The molecule has 0 aliphatic heterocycles. The van der Waals surface area contributed by atoms with E-state index in [1.807, 2.05) is 24.3 Å². The zero-order chi connectivity index (χ0) is 18.4. The van der Waals surface area contributed by atoms with Crippen LogP contribution in [0.25, 0.3) is 10.9 Å². The Labute approximate surface area is 153 Å². The highest BCUT2D eigenvalue weighted by Gasteiger charge is 2.11. The summed E-state index contributed by atoms with van der Waals surface area (Å²) < 4.78 is 0. The summed E-state index contributed by atoms with van der Waals surface area (Å²) in [5, 5.41) is 10.4. The van der Waals surface area contributed by atoms with E-state index in [0.717, 1.165) is 5.39 Å². The van der Waals surface area contributed by atoms with Gasteiger partial charge in [0, 0.05) is 11.6 Å². The highest BCUT2D eigenvalue weighted by Crippen LogP contribution is 2.20. The van der Waals surface area contributed by atoms with E-state index in [0.29, 0.717) is 16.1 Å². The number of pyridine rings is 1. The van der Waals surface area contributed by atoms with Gasteiger partial charge in [-0.2, -0.15) is 0 Å². The van der Waals surface area contributed by atoms with Crippen LogP contribution in [-0.2, 0) is 9.59 Å². The topological polar surface area (TPSA) is 100 Å². The number of para-hydroxylation sites is 1. The van der Waals surface area contributed by atoms with Crippen LogP contribution in [0.1, 0.15) is 9.67 Å². The Bertz CT molecular complexity index is 935. The average molecular weight is 368 g/mol. The molecule has 0 saturated carbocycles. The number of benzene rings is 1. The Morgan fingerprint density at radius 1 is 0.923 bits per heavy atom. The number of fused-ring (bicyclic) bond motifs is 1. The number of anilines is 1. The van der Waals surface area contributed by atoms with Gasteiger partial charge in [-0.1, -0.05) is 24.3 Å². The predicted octanol–water partition coefficient (Wildman–Crippen LogP) is 1.78. The van der Waals surface area contributed by atoms with E-state index in [2.05, 4.69) is 20.9 Å². The van der Waals surface area contributed by atoms with Crippen molar-refractivity contribution in [1.29, 1.82) is 0 Å². The molecule has 0 aliphatic rings. The zero-order valence-electron chi connectivity index (χ0n) is 13.7. The minimum absolute atomic E-state index is 0.195. The molecule has 0 unspecified atom stereocenters. The normalized spacial score (nSPS) is 10.3. The summed E-state index contributed by atoms with van der Waals surface area (Å²) in [6.45, 7) is -0.392. The third-order valence-electron chi connectivity index (χ3n) is 3.51. The minimum Gasteiger partial charge on any atom is -0.345 e. The van der Waals surface area contributed by atoms with Crippen LogP contribution in [0.15, 0.2) is 54.0 Å². The van der Waals surface area contributed by atoms with Gasteiger partial charge in [0.15, 0.2) is 0 Å². The maximum atomic E-state index is 12.0. The van der Waals surface area contributed by atoms with Gasteiger partial charge in [0.1, 0.15) is 0 Å². The van der Waals surface area contributed by atoms with Crippen LogP contribution in [0, 0.1) is 0 Å². The Kier molecular flexibility index (Phi) is 5.55. The van der Waals surface area contributed by atoms with Crippen molar-refractivity contribution in [2.24, 2.45) is 0 Å². The van der Waals surface area contributed by atoms with Gasteiger partial charge in [0.05, 0.1) is 29.2 Å². The zero-order valence-corrected chi connectivity index (χ0v) is 14.5. The number of carbonyl (C=O) groups excluding carboxylic acids is 3. The Balaban J connectivity index is 1.47. The van der Waals surface area contributed by atoms with Crippen molar-refractivity contribution in [3.8, 4) is 0 Å². The van der Waals surface area contributed by atoms with Crippen molar-refractivity contribution in [3.63, 3.8) is 0 Å². The van der Waals surface area contributed by atoms with Crippen LogP contribution in [0.3, 0.4) is 0 Å². The molecule has 132 valence electrons. The molecule has 3 amide bonds. The Hall–Kier alpha value is -3.26. The number of hydrogen-bond donors (Lipinski definition) is 3. The molecule has 0 radical (unpaired) electrons. The third-order valence-corrected chi connectivity index (χ3v) is 4.38. The van der Waals surface area contributed by atoms with E-state index in [4.69, 9.17) is 0 Å². The Morgan fingerprint density at radius 2 is 1.73 bits per heavy atom. The molecule has 0 fully saturated rings. The maximum Gasteiger partial charge on any atom is 0.261 e. The number of nitrogens with one attached hydrogen (secondary N) is 3. The van der Waals surface area contributed by atoms with Crippen molar-refractivity contribution >= 4 is 45.6 Å². The summed E-state index contributed by atoms with van der Waals surface area (Å²) >= 11 is 1.29. The van der Waals surface area contributed by atoms with Crippen molar-refractivity contribution < 1.29 is 14.4 Å². The van der Waals surface area contributed by atoms with E-state index in [-0.39, 0.29) is 24.9 Å². The third kappa shape index (κ3) is 4.42. The lowest BCUT2D eigenvalue weighted by molar-refractivity contribution is -0.123. The molecule has 7 nitrogen and oxygen atoms in total. The first kappa shape index (κ1) is 17.6. The first-order valence-electron chi connectivity index (χ1n) is 7.85. The van der Waals surface area contributed by atoms with Crippen molar-refractivity contribution in [2.75, 3.05) is 18.4 Å². The number of thiophene rings is 1. The standard InChI is InChI=1S/C18H16N4O3S/c23-15(10-21-18(25)14-7-3-9-26-14)20-11-16(24)22-13-6-1-4-12-5-2-8-19-17(12)13/h1-9H,10-11H2,(H,20,23)(H,21,25)(H,22,24). The molecule has 3 N–H and O–H groups in total. The molecule has 3 aromatic rings. The lowest BCUT2D eigenvalue weighted by Gasteiger charge is -2.09. The molecule has 0 bridgehead atoms. The molecule has 8 heteroatoms. The summed E-state index contributed by atoms with van der Waals surface area (Å²) in [5.74, 6) is -1.14. The van der Waals surface area contributed by atoms with Gasteiger partial charge in [0.2, 0.25) is 11.8 Å². The fourth-order valence-corrected chi connectivity index (χ4v) is 2.94. The second-order valence-corrected chi connectivity index (χ2v) is 6.31. The molecular weight excluding hydrogens is 352 g/mol. The van der Waals surface area contributed by atoms with Gasteiger partial charge in [-0.25, -0.2) is 0 Å². The first-order valence-corrected chi connectivity index (χ1v) is 8.73. The van der Waals surface area contributed by atoms with E-state index in [1.165, 1.54) is 11.3 Å². The summed E-state index contributed by atoms with van der Waals surface area (Å²) in [4.78, 5) is 40.3. The molecule has 0 aliphatic carbocycles. The lowest BCUT2D eigenvalue weighted by Crippen LogP contribution is -2.40. The van der Waals surface area contributed by atoms with Crippen LogP contribution < -0.4 is 16.0 Å². The van der Waals surface area contributed by atoms with Crippen molar-refractivity contribution in [1.82, 2.24) is 15.6 Å². The van der Waals surface area contributed by atoms with Crippen molar-refractivity contribution in [3.05, 3.63) is 58.9 Å². The van der Waals surface area contributed by atoms with Crippen molar-refractivity contribution in [2.45, 2.75) is 0 Å². The van der Waals surface area contributed by atoms with Crippen LogP contribution in [0.5, 0.6) is 0 Å². The smallest absolute Gasteiger partial charge is 0.261 e. The molecule has 26 heavy (non-hydrogen) atoms. The van der Waals surface area contributed by atoms with Gasteiger partial charge < -0.3 is 16.0 Å². The largest absolute Gasteiger partial charge is 0.345 e. The highest BCUT2D eigenvalue weighted by molar-refractivity contribution is 7.12. The predicted molar refractivity (Wildman–Crippen MR) is 100 cm³/mol. The van der Waals surface area contributed by atoms with Crippen LogP contribution in [0.4, 0.5) is 5.69 Å². The van der Waals surface area contributed by atoms with E-state index >= 15 is 0 Å². The second kappa shape index (κ2) is 8.21. The highest BCUT2D eigenvalue weighted by atomic mass is 32.1. The molecule has 0 saturated heterocycles. The summed E-state index contributed by atoms with van der Waals surface area (Å²) in [5.41, 5.74) is 1.26. The number of hydrogen-bond acceptors (Lipinski definition) is 5. The van der Waals surface area contributed by atoms with E-state index in [1.54, 1.807) is 29.8 Å². The lowest BCUT2D eigenvalue weighted by atomic mass is 10.2. The second-order valence-electron chi connectivity index (χ2n) is 5.37. The minimum atomic E-state index is -0.443. The van der Waals surface area contributed by atoms with Gasteiger partial charge in [-0.3, -0.25) is 19.4 Å². The molecule has 0 spiro atoms. The molecule has 2 heterocycles. The fraction of sp³-hybridized carbons (Fsp3) is 0.111. The van der Waals surface area contributed by atoms with E-state index < -0.39 is 5.91 Å².